The van der Waals surface area contributed by atoms with E-state index in [1.165, 1.54) is 19.2 Å². The molecule has 0 aromatic carbocycles. The van der Waals surface area contributed by atoms with E-state index in [1.807, 2.05) is 0 Å². The molecule has 1 saturated heterocycles. The quantitative estimate of drug-likeness (QED) is 0.649. The molecule has 1 aromatic heterocycles. The van der Waals surface area contributed by atoms with Crippen molar-refractivity contribution in [3.63, 3.8) is 0 Å². The van der Waals surface area contributed by atoms with Crippen molar-refractivity contribution in [1.82, 2.24) is 15.2 Å². The molecule has 0 saturated carbocycles. The lowest BCUT2D eigenvalue weighted by Crippen LogP contribution is -2.41. The standard InChI is InChI=1S/C11H9Cl2N3O3/c1-16-8(17)4-6(11(16)19)14-10(18)9-5(12)2-3-7(13)15-9/h2-3,6H,4H2,1H3,(H,14,18). The number of hydrogen-bond acceptors (Lipinski definition) is 4. The largest absolute Gasteiger partial charge is 0.338 e. The second kappa shape index (κ2) is 5.14. The summed E-state index contributed by atoms with van der Waals surface area (Å²) >= 11 is 11.5. The molecule has 2 rings (SSSR count). The number of aromatic nitrogens is 1. The van der Waals surface area contributed by atoms with Crippen LogP contribution < -0.4 is 5.32 Å². The number of nitrogens with one attached hydrogen (secondary N) is 1. The maximum absolute atomic E-state index is 11.9. The average Bonchev–Trinajstić information content (AvgIpc) is 2.60. The number of likely N-dealkylation sites (N-methyl/N-ethyl adjacent to an activating group) is 1. The summed E-state index contributed by atoms with van der Waals surface area (Å²) in [5, 5.41) is 2.65. The summed E-state index contributed by atoms with van der Waals surface area (Å²) in [5.74, 6) is -1.45. The lowest BCUT2D eigenvalue weighted by atomic mass is 10.2. The number of hydrogen-bond donors (Lipinski definition) is 1. The normalized spacial score (nSPS) is 18.9. The zero-order valence-corrected chi connectivity index (χ0v) is 11.3. The Kier molecular flexibility index (Phi) is 3.73. The summed E-state index contributed by atoms with van der Waals surface area (Å²) in [6.07, 6.45) is -0.0702. The molecule has 0 spiro atoms. The molecular formula is C11H9Cl2N3O3. The van der Waals surface area contributed by atoms with Crippen LogP contribution in [-0.2, 0) is 9.59 Å². The van der Waals surface area contributed by atoms with Gasteiger partial charge in [-0.25, -0.2) is 4.98 Å². The third kappa shape index (κ3) is 2.69. The number of nitrogens with zero attached hydrogens (tertiary/aromatic N) is 2. The fraction of sp³-hybridized carbons (Fsp3) is 0.273. The number of likely N-dealkylation sites (tertiary alicyclic amines) is 1. The van der Waals surface area contributed by atoms with Gasteiger partial charge in [-0.15, -0.1) is 0 Å². The zero-order valence-electron chi connectivity index (χ0n) is 9.81. The van der Waals surface area contributed by atoms with Gasteiger partial charge in [0.05, 0.1) is 11.4 Å². The van der Waals surface area contributed by atoms with E-state index in [2.05, 4.69) is 10.3 Å². The van der Waals surface area contributed by atoms with Crippen molar-refractivity contribution in [1.29, 1.82) is 0 Å². The molecule has 0 aliphatic carbocycles. The average molecular weight is 302 g/mol. The minimum Gasteiger partial charge on any atom is -0.338 e. The van der Waals surface area contributed by atoms with Gasteiger partial charge in [0, 0.05) is 7.05 Å². The van der Waals surface area contributed by atoms with Gasteiger partial charge >= 0.3 is 0 Å². The summed E-state index contributed by atoms with van der Waals surface area (Å²) in [4.78, 5) is 39.7. The van der Waals surface area contributed by atoms with Gasteiger partial charge in [0.2, 0.25) is 5.91 Å². The summed E-state index contributed by atoms with van der Waals surface area (Å²) in [6.45, 7) is 0. The van der Waals surface area contributed by atoms with E-state index in [-0.39, 0.29) is 28.2 Å². The molecule has 1 atom stereocenters. The van der Waals surface area contributed by atoms with Crippen LogP contribution in [0.5, 0.6) is 0 Å². The van der Waals surface area contributed by atoms with Crippen LogP contribution in [0.25, 0.3) is 0 Å². The van der Waals surface area contributed by atoms with Crippen molar-refractivity contribution < 1.29 is 14.4 Å². The molecule has 1 N–H and O–H groups in total. The lowest BCUT2D eigenvalue weighted by molar-refractivity contribution is -0.137. The third-order valence-electron chi connectivity index (χ3n) is 2.71. The Labute approximate surface area is 118 Å². The van der Waals surface area contributed by atoms with Crippen molar-refractivity contribution in [2.75, 3.05) is 7.05 Å². The fourth-order valence-corrected chi connectivity index (χ4v) is 2.01. The van der Waals surface area contributed by atoms with E-state index in [0.717, 1.165) is 4.90 Å². The van der Waals surface area contributed by atoms with Crippen LogP contribution >= 0.6 is 23.2 Å². The Bertz CT molecular complexity index is 576. The van der Waals surface area contributed by atoms with Crippen LogP contribution in [0.4, 0.5) is 0 Å². The van der Waals surface area contributed by atoms with Crippen molar-refractivity contribution in [3.8, 4) is 0 Å². The van der Waals surface area contributed by atoms with Gasteiger partial charge in [-0.1, -0.05) is 23.2 Å². The van der Waals surface area contributed by atoms with Gasteiger partial charge in [-0.3, -0.25) is 19.3 Å². The van der Waals surface area contributed by atoms with E-state index < -0.39 is 17.9 Å². The molecule has 1 fully saturated rings. The molecule has 100 valence electrons. The fourth-order valence-electron chi connectivity index (χ4n) is 1.67. The Morgan fingerprint density at radius 2 is 2.11 bits per heavy atom. The topological polar surface area (TPSA) is 79.4 Å². The second-order valence-electron chi connectivity index (χ2n) is 3.99. The van der Waals surface area contributed by atoms with E-state index >= 15 is 0 Å². The van der Waals surface area contributed by atoms with Crippen LogP contribution in [0.3, 0.4) is 0 Å². The predicted molar refractivity (Wildman–Crippen MR) is 67.9 cm³/mol. The molecule has 0 radical (unpaired) electrons. The zero-order chi connectivity index (χ0) is 14.2. The van der Waals surface area contributed by atoms with Crippen LogP contribution in [0.15, 0.2) is 12.1 Å². The molecule has 3 amide bonds. The van der Waals surface area contributed by atoms with Crippen LogP contribution in [-0.4, -0.2) is 40.7 Å². The van der Waals surface area contributed by atoms with Crippen molar-refractivity contribution >= 4 is 40.9 Å². The maximum Gasteiger partial charge on any atom is 0.272 e. The van der Waals surface area contributed by atoms with E-state index in [4.69, 9.17) is 23.2 Å². The van der Waals surface area contributed by atoms with Crippen molar-refractivity contribution in [2.45, 2.75) is 12.5 Å². The molecule has 1 unspecified atom stereocenters. The molecule has 2 heterocycles. The van der Waals surface area contributed by atoms with Gasteiger partial charge in [-0.05, 0) is 12.1 Å². The molecule has 1 aliphatic heterocycles. The molecular weight excluding hydrogens is 293 g/mol. The first-order chi connectivity index (χ1) is 8.90. The smallest absolute Gasteiger partial charge is 0.272 e. The lowest BCUT2D eigenvalue weighted by Gasteiger charge is -2.11. The Morgan fingerprint density at radius 3 is 2.68 bits per heavy atom. The molecule has 1 aliphatic rings. The Morgan fingerprint density at radius 1 is 1.42 bits per heavy atom. The van der Waals surface area contributed by atoms with Crippen molar-refractivity contribution in [2.24, 2.45) is 0 Å². The first kappa shape index (κ1) is 13.8. The Balaban J connectivity index is 2.16. The Hall–Kier alpha value is -1.66. The first-order valence-corrected chi connectivity index (χ1v) is 6.09. The summed E-state index contributed by atoms with van der Waals surface area (Å²) in [5.41, 5.74) is -0.0797. The molecule has 1 aromatic rings. The maximum atomic E-state index is 11.9. The van der Waals surface area contributed by atoms with Crippen LogP contribution in [0.1, 0.15) is 16.9 Å². The third-order valence-corrected chi connectivity index (χ3v) is 3.23. The highest BCUT2D eigenvalue weighted by molar-refractivity contribution is 6.34. The highest BCUT2D eigenvalue weighted by atomic mass is 35.5. The number of carbonyl (C=O) groups excluding carboxylic acids is 3. The van der Waals surface area contributed by atoms with Crippen molar-refractivity contribution in [3.05, 3.63) is 28.0 Å². The minimum absolute atomic E-state index is 0.0702. The van der Waals surface area contributed by atoms with Gasteiger partial charge < -0.3 is 5.32 Å². The number of amides is 3. The van der Waals surface area contributed by atoms with E-state index in [1.54, 1.807) is 0 Å². The van der Waals surface area contributed by atoms with Gasteiger partial charge in [0.1, 0.15) is 16.9 Å². The predicted octanol–water partition coefficient (Wildman–Crippen LogP) is 0.876. The highest BCUT2D eigenvalue weighted by Gasteiger charge is 2.37. The molecule has 6 nitrogen and oxygen atoms in total. The highest BCUT2D eigenvalue weighted by Crippen LogP contribution is 2.18. The number of pyridine rings is 1. The first-order valence-electron chi connectivity index (χ1n) is 5.33. The van der Waals surface area contributed by atoms with Crippen LogP contribution in [0, 0.1) is 0 Å². The van der Waals surface area contributed by atoms with E-state index in [9.17, 15) is 14.4 Å². The monoisotopic (exact) mass is 301 g/mol. The van der Waals surface area contributed by atoms with E-state index in [0.29, 0.717) is 0 Å². The molecule has 8 heteroatoms. The van der Waals surface area contributed by atoms with Gasteiger partial charge in [0.15, 0.2) is 0 Å². The summed E-state index contributed by atoms with van der Waals surface area (Å²) < 4.78 is 0. The van der Waals surface area contributed by atoms with Gasteiger partial charge in [-0.2, -0.15) is 0 Å². The SMILES string of the molecule is CN1C(=O)CC(NC(=O)c2nc(Cl)ccc2Cl)C1=O. The molecule has 0 bridgehead atoms. The minimum atomic E-state index is -0.887. The van der Waals surface area contributed by atoms with Gasteiger partial charge in [0.25, 0.3) is 11.8 Å². The number of halogens is 2. The number of rotatable bonds is 2. The summed E-state index contributed by atoms with van der Waals surface area (Å²) in [6, 6.07) is 1.99. The number of carbonyl (C=O) groups is 3. The number of imide groups is 1. The summed E-state index contributed by atoms with van der Waals surface area (Å²) in [7, 11) is 1.36. The molecule has 19 heavy (non-hydrogen) atoms. The van der Waals surface area contributed by atoms with Crippen LogP contribution in [0.2, 0.25) is 10.2 Å². The second-order valence-corrected chi connectivity index (χ2v) is 4.78.